The van der Waals surface area contributed by atoms with Crippen LogP contribution in [-0.4, -0.2) is 27.3 Å². The molecule has 0 aliphatic heterocycles. The second-order valence-electron chi connectivity index (χ2n) is 2.20. The Morgan fingerprint density at radius 3 is 2.30 bits per heavy atom. The van der Waals surface area contributed by atoms with E-state index < -0.39 is 0 Å². The van der Waals surface area contributed by atoms with E-state index in [1.807, 2.05) is 7.05 Å². The van der Waals surface area contributed by atoms with Crippen LogP contribution >= 0.6 is 22.5 Å². The van der Waals surface area contributed by atoms with Crippen LogP contribution in [0, 0.1) is 0 Å². The Morgan fingerprint density at radius 1 is 1.50 bits per heavy atom. The molecule has 1 heterocycles. The molecule has 1 aromatic rings. The molecule has 0 N–H and O–H groups in total. The summed E-state index contributed by atoms with van der Waals surface area (Å²) in [6.07, 6.45) is 4.24. The summed E-state index contributed by atoms with van der Waals surface area (Å²) in [5.74, 6) is 0. The molecule has 0 atom stereocenters. The third-order valence-corrected chi connectivity index (χ3v) is 2.46. The highest BCUT2D eigenvalue weighted by molar-refractivity contribution is 8.15. The number of thiol groups is 1. The molecule has 0 aliphatic carbocycles. The van der Waals surface area contributed by atoms with Crippen molar-refractivity contribution in [3.8, 4) is 0 Å². The largest absolute Gasteiger partial charge is 0.244 e. The van der Waals surface area contributed by atoms with Crippen molar-refractivity contribution in [3.05, 3.63) is 5.28 Å². The summed E-state index contributed by atoms with van der Waals surface area (Å²) in [7, 11) is 1.67. The number of aryl methyl sites for hydroxylation is 1. The van der Waals surface area contributed by atoms with E-state index in [9.17, 15) is 0 Å². The number of hydrogen-bond acceptors (Lipinski definition) is 2. The van der Waals surface area contributed by atoms with Crippen LogP contribution in [0.3, 0.4) is 0 Å². The fraction of sp³-hybridized carbons (Fsp3) is 0.600. The first kappa shape index (κ1) is 7.88. The van der Waals surface area contributed by atoms with Crippen LogP contribution in [0.4, 0.5) is 0 Å². The summed E-state index contributed by atoms with van der Waals surface area (Å²) in [5.41, 5.74) is 0. The summed E-state index contributed by atoms with van der Waals surface area (Å²) in [4.78, 5) is 4.06. The minimum Gasteiger partial charge on any atom is -0.244 e. The first-order valence-electron chi connectivity index (χ1n) is 2.85. The van der Waals surface area contributed by atoms with E-state index >= 15 is 0 Å². The zero-order valence-corrected chi connectivity index (χ0v) is 7.82. The number of nitrogens with zero attached hydrogens (tertiary/aromatic N) is 3. The molecule has 1 rings (SSSR count). The molecular formula is C5H10ClN3S. The highest BCUT2D eigenvalue weighted by Gasteiger charge is 2.05. The Balaban J connectivity index is 3.03. The van der Waals surface area contributed by atoms with E-state index in [1.54, 1.807) is 4.68 Å². The predicted molar refractivity (Wildman–Crippen MR) is 45.1 cm³/mol. The van der Waals surface area contributed by atoms with Crippen LogP contribution in [0.1, 0.15) is 0 Å². The Labute approximate surface area is 67.7 Å². The molecule has 0 amide bonds. The zero-order chi connectivity index (χ0) is 7.72. The summed E-state index contributed by atoms with van der Waals surface area (Å²) in [6, 6.07) is 0. The highest BCUT2D eigenvalue weighted by Crippen LogP contribution is 2.25. The van der Waals surface area contributed by atoms with E-state index in [1.165, 1.54) is 0 Å². The maximum Gasteiger partial charge on any atom is 0.243 e. The molecule has 0 fully saturated rings. The molecule has 0 aromatic carbocycles. The predicted octanol–water partition coefficient (Wildman–Crippen LogP) is 1.09. The monoisotopic (exact) mass is 179 g/mol. The van der Waals surface area contributed by atoms with Crippen LogP contribution in [-0.2, 0) is 7.05 Å². The minimum absolute atomic E-state index is 0.191. The van der Waals surface area contributed by atoms with Crippen LogP contribution < -0.4 is 0 Å². The van der Waals surface area contributed by atoms with Gasteiger partial charge in [-0.15, -0.1) is 5.10 Å². The molecule has 58 valence electrons. The number of hydrogen-bond donors (Lipinski definition) is 1. The SMILES string of the molecule is Cn1nc(Cl)nc1[SH](C)C. The van der Waals surface area contributed by atoms with Gasteiger partial charge in [-0.2, -0.15) is 15.9 Å². The van der Waals surface area contributed by atoms with Gasteiger partial charge in [0.1, 0.15) is 0 Å². The van der Waals surface area contributed by atoms with Gasteiger partial charge in [-0.1, -0.05) is 0 Å². The fourth-order valence-corrected chi connectivity index (χ4v) is 1.91. The molecule has 0 radical (unpaired) electrons. The van der Waals surface area contributed by atoms with Gasteiger partial charge in [-0.05, 0) is 24.1 Å². The first-order chi connectivity index (χ1) is 4.61. The van der Waals surface area contributed by atoms with Crippen molar-refractivity contribution < 1.29 is 0 Å². The normalized spacial score (nSPS) is 11.8. The lowest BCUT2D eigenvalue weighted by atomic mass is 11.2. The summed E-state index contributed by atoms with van der Waals surface area (Å²) in [6.45, 7) is 0. The third kappa shape index (κ3) is 1.44. The second-order valence-corrected chi connectivity index (χ2v) is 4.73. The second kappa shape index (κ2) is 2.80. The molecule has 0 saturated heterocycles. The molecule has 0 aliphatic rings. The van der Waals surface area contributed by atoms with Crippen molar-refractivity contribution in [2.24, 2.45) is 7.05 Å². The molecule has 1 aromatic heterocycles. The van der Waals surface area contributed by atoms with Gasteiger partial charge in [0.2, 0.25) is 5.28 Å². The van der Waals surface area contributed by atoms with Gasteiger partial charge < -0.3 is 0 Å². The first-order valence-corrected chi connectivity index (χ1v) is 5.46. The Morgan fingerprint density at radius 2 is 2.10 bits per heavy atom. The molecule has 0 bridgehead atoms. The lowest BCUT2D eigenvalue weighted by Crippen LogP contribution is -1.94. The minimum atomic E-state index is -0.191. The van der Waals surface area contributed by atoms with Crippen molar-refractivity contribution in [1.29, 1.82) is 0 Å². The molecule has 10 heavy (non-hydrogen) atoms. The Hall–Kier alpha value is -0.220. The third-order valence-electron chi connectivity index (χ3n) is 1.11. The molecule has 5 heteroatoms. The molecule has 0 spiro atoms. The van der Waals surface area contributed by atoms with Gasteiger partial charge in [0.05, 0.1) is 0 Å². The van der Waals surface area contributed by atoms with Gasteiger partial charge in [0.25, 0.3) is 0 Å². The topological polar surface area (TPSA) is 30.7 Å². The van der Waals surface area contributed by atoms with Crippen molar-refractivity contribution >= 4 is 22.5 Å². The maximum absolute atomic E-state index is 5.58. The van der Waals surface area contributed by atoms with Crippen molar-refractivity contribution in [2.45, 2.75) is 5.16 Å². The van der Waals surface area contributed by atoms with Gasteiger partial charge in [-0.3, -0.25) is 0 Å². The quantitative estimate of drug-likeness (QED) is 0.655. The van der Waals surface area contributed by atoms with E-state index in [4.69, 9.17) is 11.6 Å². The van der Waals surface area contributed by atoms with Crippen molar-refractivity contribution in [2.75, 3.05) is 12.5 Å². The van der Waals surface area contributed by atoms with Crippen molar-refractivity contribution in [3.63, 3.8) is 0 Å². The van der Waals surface area contributed by atoms with E-state index in [2.05, 4.69) is 22.6 Å². The maximum atomic E-state index is 5.58. The number of aromatic nitrogens is 3. The van der Waals surface area contributed by atoms with E-state index in [-0.39, 0.29) is 10.9 Å². The fourth-order valence-electron chi connectivity index (χ4n) is 0.735. The summed E-state index contributed by atoms with van der Waals surface area (Å²) in [5, 5.41) is 5.25. The Kier molecular flexibility index (Phi) is 2.21. The van der Waals surface area contributed by atoms with Gasteiger partial charge in [0.15, 0.2) is 5.16 Å². The van der Waals surface area contributed by atoms with Gasteiger partial charge >= 0.3 is 0 Å². The van der Waals surface area contributed by atoms with Crippen molar-refractivity contribution in [1.82, 2.24) is 14.8 Å². The smallest absolute Gasteiger partial charge is 0.243 e. The molecule has 3 nitrogen and oxygen atoms in total. The average molecular weight is 180 g/mol. The van der Waals surface area contributed by atoms with Crippen LogP contribution in [0.2, 0.25) is 5.28 Å². The van der Waals surface area contributed by atoms with Gasteiger partial charge in [0, 0.05) is 7.05 Å². The van der Waals surface area contributed by atoms with Crippen LogP contribution in [0.5, 0.6) is 0 Å². The number of rotatable bonds is 1. The standard InChI is InChI=1S/C5H10ClN3S/c1-9-5(10(2)3)7-4(6)8-9/h10H,1-3H3. The lowest BCUT2D eigenvalue weighted by molar-refractivity contribution is 0.684. The summed E-state index contributed by atoms with van der Waals surface area (Å²) < 4.78 is 1.73. The van der Waals surface area contributed by atoms with Crippen LogP contribution in [0.15, 0.2) is 5.16 Å². The zero-order valence-electron chi connectivity index (χ0n) is 6.17. The van der Waals surface area contributed by atoms with E-state index in [0.29, 0.717) is 5.28 Å². The van der Waals surface area contributed by atoms with E-state index in [0.717, 1.165) is 5.16 Å². The molecular weight excluding hydrogens is 170 g/mol. The van der Waals surface area contributed by atoms with Gasteiger partial charge in [-0.25, -0.2) is 4.68 Å². The molecule has 0 unspecified atom stereocenters. The average Bonchev–Trinajstić information content (AvgIpc) is 2.10. The highest BCUT2D eigenvalue weighted by atomic mass is 35.5. The number of halogens is 1. The Bertz CT molecular complexity index is 233. The molecule has 0 saturated carbocycles. The van der Waals surface area contributed by atoms with Crippen LogP contribution in [0.25, 0.3) is 0 Å². The lowest BCUT2D eigenvalue weighted by Gasteiger charge is -2.05. The summed E-state index contributed by atoms with van der Waals surface area (Å²) >= 11 is 5.58.